The van der Waals surface area contributed by atoms with Gasteiger partial charge in [-0.25, -0.2) is 14.4 Å². The van der Waals surface area contributed by atoms with E-state index in [1.54, 1.807) is 17.9 Å². The molecule has 0 N–H and O–H groups in total. The van der Waals surface area contributed by atoms with E-state index in [0.29, 0.717) is 28.9 Å². The lowest BCUT2D eigenvalue weighted by Gasteiger charge is -2.26. The maximum absolute atomic E-state index is 13.6. The van der Waals surface area contributed by atoms with Gasteiger partial charge in [0.25, 0.3) is 5.91 Å². The summed E-state index contributed by atoms with van der Waals surface area (Å²) in [7, 11) is 2.09. The van der Waals surface area contributed by atoms with E-state index in [-0.39, 0.29) is 23.5 Å². The first-order valence-electron chi connectivity index (χ1n) is 10.0. The minimum absolute atomic E-state index is 0.156. The molecule has 1 saturated heterocycles. The maximum Gasteiger partial charge on any atom is 0.290 e. The van der Waals surface area contributed by atoms with E-state index in [2.05, 4.69) is 16.9 Å². The van der Waals surface area contributed by atoms with Crippen LogP contribution in [0.25, 0.3) is 11.0 Å². The highest BCUT2D eigenvalue weighted by atomic mass is 19.1. The number of likely N-dealkylation sites (N-methyl/N-ethyl adjacent to an activating group) is 1. The predicted molar refractivity (Wildman–Crippen MR) is 106 cm³/mol. The van der Waals surface area contributed by atoms with Crippen molar-refractivity contribution < 1.29 is 13.6 Å². The number of carbonyl (C=O) groups excluding carboxylic acids is 1. The molecule has 0 spiro atoms. The van der Waals surface area contributed by atoms with Gasteiger partial charge in [0.1, 0.15) is 11.4 Å². The predicted octanol–water partition coefficient (Wildman–Crippen LogP) is 3.64. The van der Waals surface area contributed by atoms with Gasteiger partial charge in [-0.05, 0) is 45.0 Å². The van der Waals surface area contributed by atoms with Crippen LogP contribution in [0.15, 0.2) is 28.8 Å². The summed E-state index contributed by atoms with van der Waals surface area (Å²) in [5, 5.41) is 0.637. The van der Waals surface area contributed by atoms with Gasteiger partial charge in [0.2, 0.25) is 0 Å². The topological polar surface area (TPSA) is 62.5 Å². The lowest BCUT2D eigenvalue weighted by atomic mass is 10.1. The lowest BCUT2D eigenvalue weighted by Crippen LogP contribution is -2.33. The molecule has 1 amide bonds. The molecule has 150 valence electrons. The highest BCUT2D eigenvalue weighted by Gasteiger charge is 2.35. The number of halogens is 1. The zero-order chi connectivity index (χ0) is 20.1. The Labute approximate surface area is 168 Å². The summed E-state index contributed by atoms with van der Waals surface area (Å²) in [6, 6.07) is 4.17. The van der Waals surface area contributed by atoms with Crippen LogP contribution < -0.4 is 0 Å². The molecular formula is C22H23FN4O2. The summed E-state index contributed by atoms with van der Waals surface area (Å²) in [4.78, 5) is 26.8. The fraction of sp³-hybridized carbons (Fsp3) is 0.409. The second kappa shape index (κ2) is 6.91. The average molecular weight is 394 g/mol. The highest BCUT2D eigenvalue weighted by Crippen LogP contribution is 2.34. The molecule has 0 radical (unpaired) electrons. The Bertz CT molecular complexity index is 1110. The van der Waals surface area contributed by atoms with Gasteiger partial charge in [-0.15, -0.1) is 0 Å². The number of aryl methyl sites for hydroxylation is 1. The Morgan fingerprint density at radius 3 is 3.03 bits per heavy atom. The zero-order valence-electron chi connectivity index (χ0n) is 16.6. The third kappa shape index (κ3) is 3.09. The van der Waals surface area contributed by atoms with Gasteiger partial charge in [-0.3, -0.25) is 4.79 Å². The second-order valence-corrected chi connectivity index (χ2v) is 8.04. The summed E-state index contributed by atoms with van der Waals surface area (Å²) >= 11 is 0. The van der Waals surface area contributed by atoms with Gasteiger partial charge in [-0.2, -0.15) is 0 Å². The fourth-order valence-electron chi connectivity index (χ4n) is 4.44. The van der Waals surface area contributed by atoms with E-state index in [1.807, 2.05) is 6.20 Å². The fourth-order valence-corrected chi connectivity index (χ4v) is 4.44. The third-order valence-corrected chi connectivity index (χ3v) is 6.05. The number of carbonyl (C=O) groups is 1. The first-order valence-corrected chi connectivity index (χ1v) is 10.0. The number of hydrogen-bond acceptors (Lipinski definition) is 5. The molecule has 6 nitrogen and oxygen atoms in total. The molecule has 7 heteroatoms. The van der Waals surface area contributed by atoms with Crippen molar-refractivity contribution in [1.29, 1.82) is 0 Å². The SMILES string of the molecule is Cc1c(C(=O)N2CCC[C@H]2c2ncc3c(n2)CCN(C)C3)oc2ccc(F)cc12. The van der Waals surface area contributed by atoms with Crippen molar-refractivity contribution in [1.82, 2.24) is 19.8 Å². The van der Waals surface area contributed by atoms with Crippen molar-refractivity contribution in [3.63, 3.8) is 0 Å². The molecule has 1 atom stereocenters. The summed E-state index contributed by atoms with van der Waals surface area (Å²) in [5.41, 5.74) is 3.44. The zero-order valence-corrected chi connectivity index (χ0v) is 16.6. The third-order valence-electron chi connectivity index (χ3n) is 6.05. The van der Waals surface area contributed by atoms with Crippen LogP contribution in [0.2, 0.25) is 0 Å². The second-order valence-electron chi connectivity index (χ2n) is 8.04. The van der Waals surface area contributed by atoms with Gasteiger partial charge in [0.05, 0.1) is 6.04 Å². The minimum atomic E-state index is -0.340. The summed E-state index contributed by atoms with van der Waals surface area (Å²) in [6.45, 7) is 4.27. The van der Waals surface area contributed by atoms with Crippen LogP contribution in [0, 0.1) is 12.7 Å². The standard InChI is InChI=1S/C22H23FN4O2/c1-13-16-10-15(23)5-6-19(16)29-20(13)22(28)27-8-3-4-18(27)21-24-11-14-12-26(2)9-7-17(14)25-21/h5-6,10-11,18H,3-4,7-9,12H2,1-2H3/t18-/m0/s1. The normalized spacial score (nSPS) is 19.7. The van der Waals surface area contributed by atoms with Crippen molar-refractivity contribution in [2.45, 2.75) is 38.8 Å². The van der Waals surface area contributed by atoms with Crippen LogP contribution in [0.5, 0.6) is 0 Å². The number of furan rings is 1. The maximum atomic E-state index is 13.6. The first kappa shape index (κ1) is 18.2. The molecule has 5 rings (SSSR count). The van der Waals surface area contributed by atoms with Crippen molar-refractivity contribution in [3.8, 4) is 0 Å². The molecule has 0 unspecified atom stereocenters. The van der Waals surface area contributed by atoms with Crippen LogP contribution >= 0.6 is 0 Å². The largest absolute Gasteiger partial charge is 0.451 e. The van der Waals surface area contributed by atoms with E-state index in [0.717, 1.165) is 43.6 Å². The van der Waals surface area contributed by atoms with Gasteiger partial charge < -0.3 is 14.2 Å². The smallest absolute Gasteiger partial charge is 0.290 e. The molecule has 0 aliphatic carbocycles. The molecule has 0 saturated carbocycles. The minimum Gasteiger partial charge on any atom is -0.451 e. The molecular weight excluding hydrogens is 371 g/mol. The van der Waals surface area contributed by atoms with E-state index in [1.165, 1.54) is 12.1 Å². The van der Waals surface area contributed by atoms with Crippen LogP contribution in [0.1, 0.15) is 52.1 Å². The summed E-state index contributed by atoms with van der Waals surface area (Å²) in [6.07, 6.45) is 4.53. The van der Waals surface area contributed by atoms with Crippen LogP contribution in [-0.4, -0.2) is 45.8 Å². The van der Waals surface area contributed by atoms with E-state index >= 15 is 0 Å². The highest BCUT2D eigenvalue weighted by molar-refractivity contribution is 5.99. The molecule has 29 heavy (non-hydrogen) atoms. The Kier molecular flexibility index (Phi) is 4.35. The monoisotopic (exact) mass is 394 g/mol. The van der Waals surface area contributed by atoms with E-state index in [9.17, 15) is 9.18 Å². The average Bonchev–Trinajstić information content (AvgIpc) is 3.32. The van der Waals surface area contributed by atoms with E-state index in [4.69, 9.17) is 9.40 Å². The van der Waals surface area contributed by atoms with Gasteiger partial charge in [0, 0.05) is 54.5 Å². The number of rotatable bonds is 2. The van der Waals surface area contributed by atoms with Crippen LogP contribution in [-0.2, 0) is 13.0 Å². The molecule has 2 aliphatic heterocycles. The number of aromatic nitrogens is 2. The number of nitrogens with zero attached hydrogens (tertiary/aromatic N) is 4. The van der Waals surface area contributed by atoms with E-state index < -0.39 is 0 Å². The van der Waals surface area contributed by atoms with Crippen molar-refractivity contribution in [3.05, 3.63) is 58.6 Å². The number of fused-ring (bicyclic) bond motifs is 2. The van der Waals surface area contributed by atoms with Crippen LogP contribution in [0.4, 0.5) is 4.39 Å². The Balaban J connectivity index is 1.47. The Hall–Kier alpha value is -2.80. The number of hydrogen-bond donors (Lipinski definition) is 0. The molecule has 1 aromatic carbocycles. The quantitative estimate of drug-likeness (QED) is 0.664. The lowest BCUT2D eigenvalue weighted by molar-refractivity contribution is 0.0698. The molecule has 3 aromatic rings. The van der Waals surface area contributed by atoms with Crippen molar-refractivity contribution in [2.24, 2.45) is 0 Å². The Morgan fingerprint density at radius 1 is 1.31 bits per heavy atom. The summed E-state index contributed by atoms with van der Waals surface area (Å²) in [5.74, 6) is 0.464. The van der Waals surface area contributed by atoms with Gasteiger partial charge in [-0.1, -0.05) is 0 Å². The number of benzene rings is 1. The van der Waals surface area contributed by atoms with Gasteiger partial charge >= 0.3 is 0 Å². The van der Waals surface area contributed by atoms with Crippen molar-refractivity contribution >= 4 is 16.9 Å². The van der Waals surface area contributed by atoms with Crippen molar-refractivity contribution in [2.75, 3.05) is 20.1 Å². The Morgan fingerprint density at radius 2 is 2.17 bits per heavy atom. The number of likely N-dealkylation sites (tertiary alicyclic amines) is 1. The van der Waals surface area contributed by atoms with Gasteiger partial charge in [0.15, 0.2) is 11.6 Å². The summed E-state index contributed by atoms with van der Waals surface area (Å²) < 4.78 is 19.4. The molecule has 2 aliphatic rings. The molecule has 2 aromatic heterocycles. The number of amides is 1. The molecule has 1 fully saturated rings. The first-order chi connectivity index (χ1) is 14.0. The molecule has 0 bridgehead atoms. The molecule has 4 heterocycles. The van der Waals surface area contributed by atoms with Crippen LogP contribution in [0.3, 0.4) is 0 Å².